The molecule has 4 aliphatic rings. The van der Waals surface area contributed by atoms with Gasteiger partial charge in [0.1, 0.15) is 0 Å². The van der Waals surface area contributed by atoms with Gasteiger partial charge in [-0.1, -0.05) is 11.6 Å². The van der Waals surface area contributed by atoms with E-state index in [0.29, 0.717) is 0 Å². The number of aromatic nitrogens is 2. The predicted octanol–water partition coefficient (Wildman–Crippen LogP) is 2.80. The average molecular weight is 367 g/mol. The van der Waals surface area contributed by atoms with Gasteiger partial charge in [0.2, 0.25) is 5.89 Å². The molecule has 2 saturated carbocycles. The molecule has 6 heteroatoms. The van der Waals surface area contributed by atoms with Crippen LogP contribution < -0.4 is 5.32 Å². The summed E-state index contributed by atoms with van der Waals surface area (Å²) in [6.07, 6.45) is 10.3. The standard InChI is InChI=1S/C19H30N4O.ClH/c1-2-16-12-23(11-15-5-8-20-9-6-15)13-19(16,7-1)18-21-17(22-24-18)10-14-3-4-14;/h14-16,20H,1-13H2;1H/t16-,19-;/m1./s1. The van der Waals surface area contributed by atoms with Gasteiger partial charge in [-0.3, -0.25) is 0 Å². The third-order valence-electron chi connectivity index (χ3n) is 6.98. The van der Waals surface area contributed by atoms with Gasteiger partial charge in [-0.2, -0.15) is 4.98 Å². The Bertz CT molecular complexity index is 584. The summed E-state index contributed by atoms with van der Waals surface area (Å²) in [5.74, 6) is 4.36. The molecule has 0 amide bonds. The highest BCUT2D eigenvalue weighted by atomic mass is 35.5. The first-order valence-electron chi connectivity index (χ1n) is 10.1. The van der Waals surface area contributed by atoms with Crippen molar-refractivity contribution >= 4 is 12.4 Å². The summed E-state index contributed by atoms with van der Waals surface area (Å²) in [5.41, 5.74) is 0.168. The lowest BCUT2D eigenvalue weighted by Gasteiger charge is -2.29. The average Bonchev–Trinajstić information content (AvgIpc) is 2.97. The van der Waals surface area contributed by atoms with Crippen molar-refractivity contribution in [1.82, 2.24) is 20.4 Å². The second kappa shape index (κ2) is 7.16. The molecule has 5 nitrogen and oxygen atoms in total. The number of hydrogen-bond donors (Lipinski definition) is 1. The molecule has 2 aliphatic carbocycles. The van der Waals surface area contributed by atoms with E-state index in [0.717, 1.165) is 42.4 Å². The van der Waals surface area contributed by atoms with Crippen molar-refractivity contribution in [3.63, 3.8) is 0 Å². The Labute approximate surface area is 156 Å². The van der Waals surface area contributed by atoms with E-state index in [1.54, 1.807) is 0 Å². The molecule has 4 fully saturated rings. The van der Waals surface area contributed by atoms with Gasteiger partial charge >= 0.3 is 0 Å². The zero-order valence-corrected chi connectivity index (χ0v) is 15.9. The van der Waals surface area contributed by atoms with Crippen LogP contribution in [0.25, 0.3) is 0 Å². The molecule has 3 heterocycles. The third-order valence-corrected chi connectivity index (χ3v) is 6.98. The Hall–Kier alpha value is -0.650. The van der Waals surface area contributed by atoms with Gasteiger partial charge in [-0.05, 0) is 69.4 Å². The number of nitrogens with one attached hydrogen (secondary N) is 1. The predicted molar refractivity (Wildman–Crippen MR) is 99.0 cm³/mol. The molecule has 2 saturated heterocycles. The zero-order chi connectivity index (χ0) is 16.0. The molecule has 1 N–H and O–H groups in total. The number of rotatable bonds is 5. The van der Waals surface area contributed by atoms with E-state index in [2.05, 4.69) is 15.4 Å². The van der Waals surface area contributed by atoms with Gasteiger partial charge in [0.15, 0.2) is 5.82 Å². The van der Waals surface area contributed by atoms with Crippen LogP contribution >= 0.6 is 12.4 Å². The molecular formula is C19H31ClN4O. The molecule has 5 rings (SSSR count). The minimum Gasteiger partial charge on any atom is -0.339 e. The zero-order valence-electron chi connectivity index (χ0n) is 15.1. The van der Waals surface area contributed by atoms with Crippen molar-refractivity contribution in [2.75, 3.05) is 32.7 Å². The number of likely N-dealkylation sites (tertiary alicyclic amines) is 1. The van der Waals surface area contributed by atoms with Gasteiger partial charge in [-0.15, -0.1) is 12.4 Å². The topological polar surface area (TPSA) is 54.2 Å². The second-order valence-corrected chi connectivity index (χ2v) is 8.80. The molecule has 0 radical (unpaired) electrons. The molecule has 25 heavy (non-hydrogen) atoms. The minimum absolute atomic E-state index is 0. The SMILES string of the molecule is C1C[C@@H]2CN(CC3CCNCC3)C[C@]2(c2nc(CC3CC3)no2)C1.Cl. The summed E-state index contributed by atoms with van der Waals surface area (Å²) in [6.45, 7) is 6.04. The van der Waals surface area contributed by atoms with Crippen molar-refractivity contribution in [1.29, 1.82) is 0 Å². The van der Waals surface area contributed by atoms with Crippen molar-refractivity contribution < 1.29 is 4.52 Å². The Morgan fingerprint density at radius 3 is 2.76 bits per heavy atom. The van der Waals surface area contributed by atoms with Crippen LogP contribution in [0.4, 0.5) is 0 Å². The lowest BCUT2D eigenvalue weighted by molar-refractivity contribution is 0.212. The van der Waals surface area contributed by atoms with Crippen LogP contribution in [0, 0.1) is 17.8 Å². The van der Waals surface area contributed by atoms with Crippen LogP contribution in [0.5, 0.6) is 0 Å². The van der Waals surface area contributed by atoms with Gasteiger partial charge in [0.25, 0.3) is 0 Å². The summed E-state index contributed by atoms with van der Waals surface area (Å²) in [6, 6.07) is 0. The minimum atomic E-state index is 0. The molecule has 1 aromatic heterocycles. The van der Waals surface area contributed by atoms with E-state index < -0.39 is 0 Å². The fourth-order valence-electron chi connectivity index (χ4n) is 5.43. The van der Waals surface area contributed by atoms with E-state index in [1.165, 1.54) is 71.1 Å². The van der Waals surface area contributed by atoms with E-state index in [4.69, 9.17) is 9.51 Å². The number of nitrogens with zero attached hydrogens (tertiary/aromatic N) is 3. The smallest absolute Gasteiger partial charge is 0.234 e. The molecule has 1 aromatic rings. The first-order valence-corrected chi connectivity index (χ1v) is 10.1. The van der Waals surface area contributed by atoms with E-state index in [1.807, 2.05) is 0 Å². The highest BCUT2D eigenvalue weighted by Gasteiger charge is 2.54. The normalized spacial score (nSPS) is 33.4. The lowest BCUT2D eigenvalue weighted by Crippen LogP contribution is -2.37. The molecule has 0 bridgehead atoms. The van der Waals surface area contributed by atoms with Crippen LogP contribution in [0.15, 0.2) is 4.52 Å². The molecule has 2 aliphatic heterocycles. The Balaban J connectivity index is 0.00000157. The van der Waals surface area contributed by atoms with Crippen LogP contribution in [0.3, 0.4) is 0 Å². The maximum absolute atomic E-state index is 5.82. The third kappa shape index (κ3) is 3.47. The molecule has 0 spiro atoms. The van der Waals surface area contributed by atoms with E-state index in [-0.39, 0.29) is 17.8 Å². The highest BCUT2D eigenvalue weighted by Crippen LogP contribution is 2.50. The Morgan fingerprint density at radius 2 is 1.96 bits per heavy atom. The number of fused-ring (bicyclic) bond motifs is 1. The van der Waals surface area contributed by atoms with Gasteiger partial charge in [-0.25, -0.2) is 0 Å². The van der Waals surface area contributed by atoms with Gasteiger partial charge < -0.3 is 14.7 Å². The number of piperidine rings is 1. The molecular weight excluding hydrogens is 336 g/mol. The summed E-state index contributed by atoms with van der Waals surface area (Å²) in [5, 5.41) is 7.81. The fraction of sp³-hybridized carbons (Fsp3) is 0.895. The van der Waals surface area contributed by atoms with E-state index in [9.17, 15) is 0 Å². The van der Waals surface area contributed by atoms with Crippen LogP contribution in [-0.2, 0) is 11.8 Å². The number of hydrogen-bond acceptors (Lipinski definition) is 5. The number of halogens is 1. The fourth-order valence-corrected chi connectivity index (χ4v) is 5.43. The Kier molecular flexibility index (Phi) is 5.09. The monoisotopic (exact) mass is 366 g/mol. The van der Waals surface area contributed by atoms with E-state index >= 15 is 0 Å². The summed E-state index contributed by atoms with van der Waals surface area (Å²) in [4.78, 5) is 7.59. The van der Waals surface area contributed by atoms with Crippen LogP contribution in [0.2, 0.25) is 0 Å². The van der Waals surface area contributed by atoms with Crippen molar-refractivity contribution in [2.24, 2.45) is 17.8 Å². The second-order valence-electron chi connectivity index (χ2n) is 8.80. The van der Waals surface area contributed by atoms with Crippen molar-refractivity contribution in [3.05, 3.63) is 11.7 Å². The van der Waals surface area contributed by atoms with Gasteiger partial charge in [0.05, 0.1) is 5.41 Å². The van der Waals surface area contributed by atoms with Gasteiger partial charge in [0, 0.05) is 26.1 Å². The maximum Gasteiger partial charge on any atom is 0.234 e. The van der Waals surface area contributed by atoms with Crippen LogP contribution in [-0.4, -0.2) is 47.8 Å². The van der Waals surface area contributed by atoms with Crippen LogP contribution in [0.1, 0.15) is 56.7 Å². The first-order chi connectivity index (χ1) is 11.8. The Morgan fingerprint density at radius 1 is 1.12 bits per heavy atom. The van der Waals surface area contributed by atoms with Crippen molar-refractivity contribution in [3.8, 4) is 0 Å². The van der Waals surface area contributed by atoms with Crippen molar-refractivity contribution in [2.45, 2.75) is 56.8 Å². The maximum atomic E-state index is 5.82. The quantitative estimate of drug-likeness (QED) is 0.868. The summed E-state index contributed by atoms with van der Waals surface area (Å²) in [7, 11) is 0. The lowest BCUT2D eigenvalue weighted by atomic mass is 9.80. The first kappa shape index (κ1) is 17.7. The summed E-state index contributed by atoms with van der Waals surface area (Å²) >= 11 is 0. The molecule has 2 atom stereocenters. The molecule has 0 aromatic carbocycles. The highest BCUT2D eigenvalue weighted by molar-refractivity contribution is 5.85. The molecule has 140 valence electrons. The molecule has 0 unspecified atom stereocenters. The largest absolute Gasteiger partial charge is 0.339 e. The summed E-state index contributed by atoms with van der Waals surface area (Å²) < 4.78 is 5.82.